The van der Waals surface area contributed by atoms with Crippen LogP contribution in [0.2, 0.25) is 0 Å². The van der Waals surface area contributed by atoms with Crippen LogP contribution >= 0.6 is 15.9 Å². The second kappa shape index (κ2) is 8.80. The van der Waals surface area contributed by atoms with Crippen LogP contribution in [0.1, 0.15) is 48.5 Å². The fraction of sp³-hybridized carbons (Fsp3) is 0.308. The first kappa shape index (κ1) is 23.3. The number of methoxy groups -OCH3 is 1. The van der Waals surface area contributed by atoms with Gasteiger partial charge in [-0.05, 0) is 40.8 Å². The molecule has 0 aliphatic carbocycles. The average molecular weight is 512 g/mol. The van der Waals surface area contributed by atoms with Crippen LogP contribution in [0, 0.1) is 0 Å². The van der Waals surface area contributed by atoms with E-state index in [2.05, 4.69) is 36.7 Å². The number of halogens is 1. The molecule has 4 rings (SSSR count). The maximum Gasteiger partial charge on any atom is 0.290 e. The van der Waals surface area contributed by atoms with E-state index in [1.807, 2.05) is 36.4 Å². The quantitative estimate of drug-likeness (QED) is 0.428. The van der Waals surface area contributed by atoms with Gasteiger partial charge in [-0.3, -0.25) is 9.59 Å². The van der Waals surface area contributed by atoms with E-state index in [0.29, 0.717) is 5.58 Å². The SMILES string of the molecule is COCCN1C(=O)C(O)=C(C(=O)c2cc3cc(Br)ccc3o2)C1c1ccc(C(C)(C)C)cc1. The zero-order valence-corrected chi connectivity index (χ0v) is 20.6. The van der Waals surface area contributed by atoms with E-state index < -0.39 is 23.5 Å². The Hall–Kier alpha value is -2.90. The standard InChI is InChI=1S/C26H26BrNO5/c1-26(2,3)17-7-5-15(6-8-17)22-21(24(30)25(31)28(22)11-12-32-4)23(29)20-14-16-13-18(27)9-10-19(16)33-20/h5-10,13-14,22,30H,11-12H2,1-4H3. The highest BCUT2D eigenvalue weighted by Crippen LogP contribution is 2.40. The second-order valence-corrected chi connectivity index (χ2v) is 10.1. The maximum absolute atomic E-state index is 13.6. The number of ketones is 1. The Balaban J connectivity index is 1.78. The van der Waals surface area contributed by atoms with Crippen molar-refractivity contribution < 1.29 is 23.8 Å². The van der Waals surface area contributed by atoms with Crippen molar-refractivity contribution in [3.05, 3.63) is 81.2 Å². The number of furan rings is 1. The Labute approximate surface area is 201 Å². The Morgan fingerprint density at radius 2 is 1.85 bits per heavy atom. The Bertz CT molecular complexity index is 1250. The van der Waals surface area contributed by atoms with Crippen LogP contribution in [0.15, 0.2) is 68.8 Å². The predicted molar refractivity (Wildman–Crippen MR) is 129 cm³/mol. The predicted octanol–water partition coefficient (Wildman–Crippen LogP) is 5.72. The summed E-state index contributed by atoms with van der Waals surface area (Å²) >= 11 is 3.41. The van der Waals surface area contributed by atoms with E-state index in [1.54, 1.807) is 19.2 Å². The lowest BCUT2D eigenvalue weighted by molar-refractivity contribution is -0.130. The number of fused-ring (bicyclic) bond motifs is 1. The largest absolute Gasteiger partial charge is 0.503 e. The van der Waals surface area contributed by atoms with Crippen LogP contribution in [0.25, 0.3) is 11.0 Å². The van der Waals surface area contributed by atoms with E-state index >= 15 is 0 Å². The molecule has 1 atom stereocenters. The van der Waals surface area contributed by atoms with E-state index in [1.165, 1.54) is 4.90 Å². The van der Waals surface area contributed by atoms with Crippen molar-refractivity contribution >= 4 is 38.6 Å². The van der Waals surface area contributed by atoms with Crippen LogP contribution in [0.3, 0.4) is 0 Å². The molecule has 1 aliphatic heterocycles. The van der Waals surface area contributed by atoms with Gasteiger partial charge in [0.15, 0.2) is 11.5 Å². The fourth-order valence-corrected chi connectivity index (χ4v) is 4.46. The molecule has 1 amide bonds. The number of aliphatic hydroxyl groups is 1. The number of ether oxygens (including phenoxy) is 1. The molecule has 1 aliphatic rings. The summed E-state index contributed by atoms with van der Waals surface area (Å²) in [4.78, 5) is 28.0. The third-order valence-electron chi connectivity index (χ3n) is 5.88. The highest BCUT2D eigenvalue weighted by molar-refractivity contribution is 9.10. The molecule has 6 nitrogen and oxygen atoms in total. The summed E-state index contributed by atoms with van der Waals surface area (Å²) in [7, 11) is 1.54. The minimum Gasteiger partial charge on any atom is -0.503 e. The first-order chi connectivity index (χ1) is 15.6. The fourth-order valence-electron chi connectivity index (χ4n) is 4.08. The number of amides is 1. The van der Waals surface area contributed by atoms with Gasteiger partial charge in [0, 0.05) is 23.5 Å². The summed E-state index contributed by atoms with van der Waals surface area (Å²) in [6, 6.07) is 14.1. The lowest BCUT2D eigenvalue weighted by atomic mass is 9.85. The van der Waals surface area contributed by atoms with Gasteiger partial charge in [-0.25, -0.2) is 0 Å². The van der Waals surface area contributed by atoms with Gasteiger partial charge < -0.3 is 19.2 Å². The number of aliphatic hydroxyl groups excluding tert-OH is 1. The number of nitrogens with zero attached hydrogens (tertiary/aromatic N) is 1. The number of carbonyl (C=O) groups excluding carboxylic acids is 2. The van der Waals surface area contributed by atoms with Crippen LogP contribution in [0.5, 0.6) is 0 Å². The van der Waals surface area contributed by atoms with Crippen molar-refractivity contribution in [3.8, 4) is 0 Å². The lowest BCUT2D eigenvalue weighted by Crippen LogP contribution is -2.34. The minimum absolute atomic E-state index is 0.0118. The highest BCUT2D eigenvalue weighted by Gasteiger charge is 2.44. The number of benzene rings is 2. The molecule has 1 N–H and O–H groups in total. The van der Waals surface area contributed by atoms with Crippen LogP contribution in [-0.4, -0.2) is 42.0 Å². The molecule has 0 saturated carbocycles. The van der Waals surface area contributed by atoms with Gasteiger partial charge in [0.05, 0.1) is 18.2 Å². The maximum atomic E-state index is 13.6. The van der Waals surface area contributed by atoms with Crippen LogP contribution < -0.4 is 0 Å². The number of hydrogen-bond donors (Lipinski definition) is 1. The molecular weight excluding hydrogens is 486 g/mol. The third-order valence-corrected chi connectivity index (χ3v) is 6.37. The molecule has 7 heteroatoms. The number of carbonyl (C=O) groups is 2. The van der Waals surface area contributed by atoms with Gasteiger partial charge in [-0.1, -0.05) is 61.0 Å². The average Bonchev–Trinajstić information content (AvgIpc) is 3.30. The van der Waals surface area contributed by atoms with Crippen molar-refractivity contribution in [2.45, 2.75) is 32.2 Å². The third kappa shape index (κ3) is 4.35. The van der Waals surface area contributed by atoms with Crippen molar-refractivity contribution in [1.29, 1.82) is 0 Å². The molecule has 0 saturated heterocycles. The summed E-state index contributed by atoms with van der Waals surface area (Å²) in [5.74, 6) is -1.60. The molecule has 0 spiro atoms. The van der Waals surface area contributed by atoms with Crippen molar-refractivity contribution in [1.82, 2.24) is 4.90 Å². The van der Waals surface area contributed by atoms with Gasteiger partial charge in [0.25, 0.3) is 5.91 Å². The van der Waals surface area contributed by atoms with Gasteiger partial charge in [-0.15, -0.1) is 0 Å². The first-order valence-electron chi connectivity index (χ1n) is 10.7. The molecule has 2 aromatic carbocycles. The van der Waals surface area contributed by atoms with Gasteiger partial charge in [-0.2, -0.15) is 0 Å². The van der Waals surface area contributed by atoms with Crippen molar-refractivity contribution in [2.24, 2.45) is 0 Å². The summed E-state index contributed by atoms with van der Waals surface area (Å²) in [6.07, 6.45) is 0. The molecule has 0 radical (unpaired) electrons. The molecule has 1 unspecified atom stereocenters. The smallest absolute Gasteiger partial charge is 0.290 e. The summed E-state index contributed by atoms with van der Waals surface area (Å²) in [6.45, 7) is 6.86. The molecule has 1 aromatic heterocycles. The summed E-state index contributed by atoms with van der Waals surface area (Å²) in [5, 5.41) is 11.5. The summed E-state index contributed by atoms with van der Waals surface area (Å²) in [5.41, 5.74) is 2.38. The van der Waals surface area contributed by atoms with Crippen LogP contribution in [0.4, 0.5) is 0 Å². The van der Waals surface area contributed by atoms with Gasteiger partial charge in [0.1, 0.15) is 5.58 Å². The zero-order valence-electron chi connectivity index (χ0n) is 19.0. The molecule has 33 heavy (non-hydrogen) atoms. The van der Waals surface area contributed by atoms with Crippen LogP contribution in [-0.2, 0) is 14.9 Å². The normalized spacial score (nSPS) is 16.8. The topological polar surface area (TPSA) is 80.0 Å². The molecule has 0 fully saturated rings. The first-order valence-corrected chi connectivity index (χ1v) is 11.5. The molecule has 0 bridgehead atoms. The lowest BCUT2D eigenvalue weighted by Gasteiger charge is -2.27. The Morgan fingerprint density at radius 3 is 2.48 bits per heavy atom. The Morgan fingerprint density at radius 1 is 1.15 bits per heavy atom. The second-order valence-electron chi connectivity index (χ2n) is 9.15. The van der Waals surface area contributed by atoms with E-state index in [-0.39, 0.29) is 29.9 Å². The molecule has 3 aromatic rings. The van der Waals surface area contributed by atoms with Crippen molar-refractivity contribution in [3.63, 3.8) is 0 Å². The number of rotatable bonds is 6. The monoisotopic (exact) mass is 511 g/mol. The molecule has 172 valence electrons. The van der Waals surface area contributed by atoms with E-state index in [4.69, 9.17) is 9.15 Å². The van der Waals surface area contributed by atoms with Gasteiger partial charge >= 0.3 is 0 Å². The molecule has 2 heterocycles. The highest BCUT2D eigenvalue weighted by atomic mass is 79.9. The Kier molecular flexibility index (Phi) is 6.20. The van der Waals surface area contributed by atoms with E-state index in [0.717, 1.165) is 21.0 Å². The van der Waals surface area contributed by atoms with Crippen molar-refractivity contribution in [2.75, 3.05) is 20.3 Å². The van der Waals surface area contributed by atoms with E-state index in [9.17, 15) is 14.7 Å². The number of Topliss-reactive ketones (excluding diaryl/α,β-unsaturated/α-hetero) is 1. The zero-order chi connectivity index (χ0) is 23.9. The minimum atomic E-state index is -0.742. The summed E-state index contributed by atoms with van der Waals surface area (Å²) < 4.78 is 11.8. The molecular formula is C26H26BrNO5. The van der Waals surface area contributed by atoms with Gasteiger partial charge in [0.2, 0.25) is 5.78 Å². The number of hydrogen-bond acceptors (Lipinski definition) is 5.